The van der Waals surface area contributed by atoms with Gasteiger partial charge in [0.2, 0.25) is 0 Å². The second-order valence-corrected chi connectivity index (χ2v) is 9.55. The Bertz CT molecular complexity index is 1140. The molecular weight excluding hydrogens is 457 g/mol. The second kappa shape index (κ2) is 8.78. The van der Waals surface area contributed by atoms with Crippen molar-refractivity contribution >= 4 is 58.1 Å². The first kappa shape index (κ1) is 22.1. The quantitative estimate of drug-likeness (QED) is 0.534. The third-order valence-corrected chi connectivity index (χ3v) is 7.17. The number of hydrogen-bond donors (Lipinski definition) is 3. The first-order chi connectivity index (χ1) is 14.5. The van der Waals surface area contributed by atoms with Gasteiger partial charge >= 0.3 is 0 Å². The molecule has 2 atom stereocenters. The lowest BCUT2D eigenvalue weighted by molar-refractivity contribution is 0.0826. The van der Waals surface area contributed by atoms with Crippen molar-refractivity contribution in [2.24, 2.45) is 0 Å². The van der Waals surface area contributed by atoms with E-state index in [1.54, 1.807) is 12.1 Å². The van der Waals surface area contributed by atoms with E-state index in [4.69, 9.17) is 11.6 Å². The summed E-state index contributed by atoms with van der Waals surface area (Å²) in [5.41, 5.74) is 2.39. The first-order valence-electron chi connectivity index (χ1n) is 10.0. The van der Waals surface area contributed by atoms with Crippen molar-refractivity contribution < 1.29 is 9.59 Å². The molecule has 3 aromatic rings. The summed E-state index contributed by atoms with van der Waals surface area (Å²) in [6, 6.07) is 7.09. The van der Waals surface area contributed by atoms with E-state index in [1.165, 1.54) is 16.2 Å². The van der Waals surface area contributed by atoms with Crippen molar-refractivity contribution in [2.75, 3.05) is 13.6 Å². The van der Waals surface area contributed by atoms with Crippen molar-refractivity contribution in [2.45, 2.75) is 37.9 Å². The molecule has 1 saturated carbocycles. The molecule has 0 bridgehead atoms. The molecule has 5 rings (SSSR count). The van der Waals surface area contributed by atoms with Crippen LogP contribution in [0.25, 0.3) is 10.9 Å². The van der Waals surface area contributed by atoms with Crippen LogP contribution in [0.15, 0.2) is 24.3 Å². The SMILES string of the molecule is CN1CCc2nc(C(=O)N[C@H]3CC[C@H]3NC(=O)c3cc4cc(Cl)ccc4[nH]3)sc2C1.Cl. The number of amides is 2. The molecule has 3 heterocycles. The lowest BCUT2D eigenvalue weighted by Gasteiger charge is -2.37. The summed E-state index contributed by atoms with van der Waals surface area (Å²) in [5.74, 6) is -0.333. The van der Waals surface area contributed by atoms with Crippen LogP contribution >= 0.6 is 35.3 Å². The van der Waals surface area contributed by atoms with Crippen LogP contribution in [-0.2, 0) is 13.0 Å². The topological polar surface area (TPSA) is 90.1 Å². The number of nitrogens with zero attached hydrogens (tertiary/aromatic N) is 2. The maximum Gasteiger partial charge on any atom is 0.280 e. The van der Waals surface area contributed by atoms with E-state index in [0.29, 0.717) is 15.7 Å². The highest BCUT2D eigenvalue weighted by Crippen LogP contribution is 2.26. The van der Waals surface area contributed by atoms with Crippen LogP contribution in [0.4, 0.5) is 0 Å². The van der Waals surface area contributed by atoms with Crippen molar-refractivity contribution in [1.82, 2.24) is 25.5 Å². The van der Waals surface area contributed by atoms with Crippen molar-refractivity contribution in [1.29, 1.82) is 0 Å². The average molecular weight is 480 g/mol. The Morgan fingerprint density at radius 2 is 1.94 bits per heavy atom. The number of carbonyl (C=O) groups is 2. The fraction of sp³-hybridized carbons (Fsp3) is 0.381. The Labute approximate surface area is 195 Å². The number of rotatable bonds is 4. The molecule has 1 aliphatic heterocycles. The molecule has 0 saturated heterocycles. The fourth-order valence-electron chi connectivity index (χ4n) is 3.97. The molecule has 1 aromatic carbocycles. The van der Waals surface area contributed by atoms with Gasteiger partial charge in [-0.2, -0.15) is 0 Å². The highest BCUT2D eigenvalue weighted by Gasteiger charge is 2.34. The Morgan fingerprint density at radius 1 is 1.19 bits per heavy atom. The summed E-state index contributed by atoms with van der Waals surface area (Å²) < 4.78 is 0. The zero-order valence-corrected chi connectivity index (χ0v) is 19.3. The van der Waals surface area contributed by atoms with Crippen LogP contribution in [0.3, 0.4) is 0 Å². The Morgan fingerprint density at radius 3 is 2.68 bits per heavy atom. The predicted molar refractivity (Wildman–Crippen MR) is 124 cm³/mol. The number of carbonyl (C=O) groups excluding carboxylic acids is 2. The lowest BCUT2D eigenvalue weighted by Crippen LogP contribution is -2.58. The van der Waals surface area contributed by atoms with Gasteiger partial charge in [-0.25, -0.2) is 4.98 Å². The minimum Gasteiger partial charge on any atom is -0.351 e. The van der Waals surface area contributed by atoms with Gasteiger partial charge in [-0.05, 0) is 44.2 Å². The molecule has 1 fully saturated rings. The minimum atomic E-state index is -0.181. The molecule has 2 amide bonds. The lowest BCUT2D eigenvalue weighted by atomic mass is 9.86. The van der Waals surface area contributed by atoms with Crippen LogP contribution in [0.1, 0.15) is 43.7 Å². The number of halogens is 2. The highest BCUT2D eigenvalue weighted by atomic mass is 35.5. The van der Waals surface area contributed by atoms with Crippen molar-refractivity contribution in [3.05, 3.63) is 50.6 Å². The number of aromatic amines is 1. The molecule has 10 heteroatoms. The molecule has 1 aliphatic carbocycles. The third kappa shape index (κ3) is 4.43. The predicted octanol–water partition coefficient (Wildman–Crippen LogP) is 3.38. The Balaban J connectivity index is 0.00000231. The summed E-state index contributed by atoms with van der Waals surface area (Å²) >= 11 is 7.49. The van der Waals surface area contributed by atoms with Gasteiger partial charge in [0.15, 0.2) is 5.01 Å². The van der Waals surface area contributed by atoms with Crippen LogP contribution in [-0.4, -0.2) is 52.4 Å². The molecular formula is C21H23Cl2N5O2S. The minimum absolute atomic E-state index is 0. The van der Waals surface area contributed by atoms with Gasteiger partial charge in [-0.15, -0.1) is 23.7 Å². The van der Waals surface area contributed by atoms with Gasteiger partial charge in [0.1, 0.15) is 5.69 Å². The van der Waals surface area contributed by atoms with Crippen LogP contribution in [0.2, 0.25) is 5.02 Å². The van der Waals surface area contributed by atoms with Crippen LogP contribution < -0.4 is 10.6 Å². The molecule has 0 spiro atoms. The number of likely N-dealkylation sites (N-methyl/N-ethyl adjacent to an activating group) is 1. The average Bonchev–Trinajstić information content (AvgIpc) is 3.32. The van der Waals surface area contributed by atoms with Gasteiger partial charge < -0.3 is 20.5 Å². The molecule has 0 radical (unpaired) electrons. The Hall–Kier alpha value is -2.13. The smallest absolute Gasteiger partial charge is 0.280 e. The summed E-state index contributed by atoms with van der Waals surface area (Å²) in [4.78, 5) is 36.4. The summed E-state index contributed by atoms with van der Waals surface area (Å²) in [6.45, 7) is 1.81. The normalized spacial score (nSPS) is 20.5. The van der Waals surface area contributed by atoms with Gasteiger partial charge in [-0.3, -0.25) is 9.59 Å². The van der Waals surface area contributed by atoms with Gasteiger partial charge in [0.05, 0.1) is 5.69 Å². The second-order valence-electron chi connectivity index (χ2n) is 8.03. The number of nitrogens with one attached hydrogen (secondary N) is 3. The van der Waals surface area contributed by atoms with E-state index in [0.717, 1.165) is 48.9 Å². The summed E-state index contributed by atoms with van der Waals surface area (Å²) in [5, 5.41) is 8.11. The van der Waals surface area contributed by atoms with E-state index in [1.807, 2.05) is 12.1 Å². The van der Waals surface area contributed by atoms with Gasteiger partial charge in [0, 0.05) is 52.4 Å². The third-order valence-electron chi connectivity index (χ3n) is 5.85. The zero-order valence-electron chi connectivity index (χ0n) is 16.9. The number of benzene rings is 1. The molecule has 2 aliphatic rings. The van der Waals surface area contributed by atoms with E-state index in [-0.39, 0.29) is 36.3 Å². The molecule has 3 N–H and O–H groups in total. The summed E-state index contributed by atoms with van der Waals surface area (Å²) in [6.07, 6.45) is 2.56. The monoisotopic (exact) mass is 479 g/mol. The largest absolute Gasteiger partial charge is 0.351 e. The number of H-pyrrole nitrogens is 1. The number of fused-ring (bicyclic) bond motifs is 2. The van der Waals surface area contributed by atoms with E-state index in [2.05, 4.69) is 32.5 Å². The maximum absolute atomic E-state index is 12.7. The molecule has 0 unspecified atom stereocenters. The fourth-order valence-corrected chi connectivity index (χ4v) is 5.24. The van der Waals surface area contributed by atoms with Crippen molar-refractivity contribution in [3.8, 4) is 0 Å². The molecule has 2 aromatic heterocycles. The molecule has 164 valence electrons. The van der Waals surface area contributed by atoms with Crippen LogP contribution in [0, 0.1) is 0 Å². The summed E-state index contributed by atoms with van der Waals surface area (Å²) in [7, 11) is 2.08. The van der Waals surface area contributed by atoms with Crippen LogP contribution in [0.5, 0.6) is 0 Å². The number of aromatic nitrogens is 2. The molecule has 7 nitrogen and oxygen atoms in total. The van der Waals surface area contributed by atoms with Crippen molar-refractivity contribution in [3.63, 3.8) is 0 Å². The maximum atomic E-state index is 12.7. The number of thiazole rings is 1. The van der Waals surface area contributed by atoms with E-state index < -0.39 is 0 Å². The van der Waals surface area contributed by atoms with Gasteiger partial charge in [0.25, 0.3) is 11.8 Å². The highest BCUT2D eigenvalue weighted by molar-refractivity contribution is 7.13. The first-order valence-corrected chi connectivity index (χ1v) is 11.2. The van der Waals surface area contributed by atoms with Gasteiger partial charge in [-0.1, -0.05) is 11.6 Å². The van der Waals surface area contributed by atoms with E-state index in [9.17, 15) is 9.59 Å². The zero-order chi connectivity index (χ0) is 20.8. The standard InChI is InChI=1S/C21H22ClN5O2S.ClH/c1-27-7-6-16-18(10-27)30-21(26-16)20(29)25-15-5-4-14(15)24-19(28)17-9-11-8-12(22)2-3-13(11)23-17;/h2-3,8-9,14-15,23H,4-7,10H2,1H3,(H,24,28)(H,25,29);1H/t14-,15+;/m1./s1. The molecule has 31 heavy (non-hydrogen) atoms. The number of hydrogen-bond acceptors (Lipinski definition) is 5. The van der Waals surface area contributed by atoms with E-state index >= 15 is 0 Å². The Kier molecular flexibility index (Phi) is 6.25.